The highest BCUT2D eigenvalue weighted by Gasteiger charge is 2.39. The van der Waals surface area contributed by atoms with Crippen molar-refractivity contribution in [3.8, 4) is 0 Å². The lowest BCUT2D eigenvalue weighted by atomic mass is 9.60. The third-order valence-corrected chi connectivity index (χ3v) is 13.6. The van der Waals surface area contributed by atoms with Crippen LogP contribution in [0.3, 0.4) is 0 Å². The number of hydrogen-bond donors (Lipinski definition) is 0. The second kappa shape index (κ2) is 14.2. The van der Waals surface area contributed by atoms with Gasteiger partial charge in [0.1, 0.15) is 0 Å². The number of hydrogen-bond acceptors (Lipinski definition) is 0. The van der Waals surface area contributed by atoms with E-state index in [1.165, 1.54) is 0 Å². The standard InChI is InChI=1S/C35H72/c1-20(2)22(5)23(6)24(7)25(8)26(9)27(10)28(11)29(12)30(13)31(14)32(15)33(16)34(17)35(18,19)21(3)4/h20-34H,1-19H3. The molecule has 0 nitrogen and oxygen atoms in total. The average Bonchev–Trinajstić information content (AvgIpc) is 2.81. The molecule has 0 bridgehead atoms. The van der Waals surface area contributed by atoms with Gasteiger partial charge in [0, 0.05) is 0 Å². The Hall–Kier alpha value is 0. The quantitative estimate of drug-likeness (QED) is 0.213. The van der Waals surface area contributed by atoms with Crippen molar-refractivity contribution >= 4 is 0 Å². The molecule has 0 saturated heterocycles. The van der Waals surface area contributed by atoms with E-state index in [9.17, 15) is 0 Å². The topological polar surface area (TPSA) is 0 Å². The molecular formula is C35H72. The van der Waals surface area contributed by atoms with E-state index in [4.69, 9.17) is 0 Å². The largest absolute Gasteiger partial charge is 0.0625 e. The van der Waals surface area contributed by atoms with E-state index in [1.54, 1.807) is 0 Å². The molecule has 0 aliphatic rings. The first-order valence-corrected chi connectivity index (χ1v) is 15.7. The Bertz CT molecular complexity index is 571. The van der Waals surface area contributed by atoms with Gasteiger partial charge in [-0.15, -0.1) is 0 Å². The Kier molecular flexibility index (Phi) is 14.2. The number of rotatable bonds is 15. The van der Waals surface area contributed by atoms with E-state index < -0.39 is 0 Å². The summed E-state index contributed by atoms with van der Waals surface area (Å²) in [5.41, 5.74) is 0.385. The second-order valence-electron chi connectivity index (χ2n) is 15.3. The Morgan fingerprint density at radius 1 is 0.286 bits per heavy atom. The molecule has 0 saturated carbocycles. The fourth-order valence-electron chi connectivity index (χ4n) is 7.05. The third-order valence-electron chi connectivity index (χ3n) is 13.6. The molecule has 212 valence electrons. The van der Waals surface area contributed by atoms with Crippen molar-refractivity contribution < 1.29 is 0 Å². The summed E-state index contributed by atoms with van der Waals surface area (Å²) in [6.45, 7) is 47.5. The molecule has 0 spiro atoms. The summed E-state index contributed by atoms with van der Waals surface area (Å²) in [6, 6.07) is 0. The van der Waals surface area contributed by atoms with Crippen LogP contribution in [0.2, 0.25) is 0 Å². The Morgan fingerprint density at radius 3 is 0.686 bits per heavy atom. The van der Waals surface area contributed by atoms with Crippen LogP contribution in [-0.2, 0) is 0 Å². The molecule has 0 heterocycles. The minimum Gasteiger partial charge on any atom is -0.0625 e. The molecule has 13 unspecified atom stereocenters. The van der Waals surface area contributed by atoms with Gasteiger partial charge in [0.25, 0.3) is 0 Å². The molecule has 0 N–H and O–H groups in total. The van der Waals surface area contributed by atoms with E-state index in [-0.39, 0.29) is 0 Å². The van der Waals surface area contributed by atoms with Gasteiger partial charge in [0.2, 0.25) is 0 Å². The molecule has 0 aliphatic carbocycles. The zero-order valence-corrected chi connectivity index (χ0v) is 28.2. The molecule has 13 atom stereocenters. The molecule has 0 amide bonds. The maximum absolute atomic E-state index is 2.56. The normalized spacial score (nSPS) is 24.6. The van der Waals surface area contributed by atoms with Crippen molar-refractivity contribution in [2.24, 2.45) is 94.2 Å². The SMILES string of the molecule is CC(C)C(C)C(C)C(C)C(C)C(C)C(C)C(C)C(C)C(C)C(C)C(C)C(C)C(C)C(C)(C)C(C)C. The van der Waals surface area contributed by atoms with Crippen molar-refractivity contribution in [2.75, 3.05) is 0 Å². The van der Waals surface area contributed by atoms with Gasteiger partial charge >= 0.3 is 0 Å². The molecular weight excluding hydrogens is 420 g/mol. The molecule has 0 fully saturated rings. The van der Waals surface area contributed by atoms with Crippen molar-refractivity contribution in [3.05, 3.63) is 0 Å². The van der Waals surface area contributed by atoms with Crippen molar-refractivity contribution in [1.82, 2.24) is 0 Å². The van der Waals surface area contributed by atoms with Crippen LogP contribution < -0.4 is 0 Å². The predicted molar refractivity (Wildman–Crippen MR) is 163 cm³/mol. The average molecular weight is 493 g/mol. The van der Waals surface area contributed by atoms with E-state index in [2.05, 4.69) is 132 Å². The van der Waals surface area contributed by atoms with E-state index in [0.717, 1.165) is 88.8 Å². The molecule has 0 aromatic carbocycles. The summed E-state index contributed by atoms with van der Waals surface area (Å²) >= 11 is 0. The van der Waals surface area contributed by atoms with Gasteiger partial charge in [-0.3, -0.25) is 0 Å². The van der Waals surface area contributed by atoms with Crippen LogP contribution in [0, 0.1) is 94.2 Å². The maximum atomic E-state index is 2.56. The van der Waals surface area contributed by atoms with Crippen LogP contribution in [-0.4, -0.2) is 0 Å². The highest BCUT2D eigenvalue weighted by molar-refractivity contribution is 4.88. The van der Waals surface area contributed by atoms with Gasteiger partial charge in [-0.05, 0) is 94.2 Å². The zero-order valence-electron chi connectivity index (χ0n) is 28.2. The highest BCUT2D eigenvalue weighted by Crippen LogP contribution is 2.46. The predicted octanol–water partition coefficient (Wildman–Crippen LogP) is 11.6. The van der Waals surface area contributed by atoms with Gasteiger partial charge in [0.15, 0.2) is 0 Å². The first-order chi connectivity index (χ1) is 15.7. The summed E-state index contributed by atoms with van der Waals surface area (Å²) in [4.78, 5) is 0. The van der Waals surface area contributed by atoms with Crippen LogP contribution in [0.25, 0.3) is 0 Å². The fraction of sp³-hybridized carbons (Fsp3) is 1.00. The molecule has 0 aromatic rings. The minimum atomic E-state index is 0.385. The lowest BCUT2D eigenvalue weighted by molar-refractivity contribution is 0.0344. The van der Waals surface area contributed by atoms with E-state index in [1.807, 2.05) is 0 Å². The smallest absolute Gasteiger partial charge is 0.0303 e. The first-order valence-electron chi connectivity index (χ1n) is 15.7. The molecule has 0 radical (unpaired) electrons. The van der Waals surface area contributed by atoms with Gasteiger partial charge in [-0.25, -0.2) is 0 Å². The second-order valence-corrected chi connectivity index (χ2v) is 15.3. The summed E-state index contributed by atoms with van der Waals surface area (Å²) < 4.78 is 0. The van der Waals surface area contributed by atoms with E-state index in [0.29, 0.717) is 5.41 Å². The van der Waals surface area contributed by atoms with E-state index >= 15 is 0 Å². The Labute approximate surface area is 225 Å². The lowest BCUT2D eigenvalue weighted by Crippen LogP contribution is -2.39. The Morgan fingerprint density at radius 2 is 0.486 bits per heavy atom. The van der Waals surface area contributed by atoms with Crippen LogP contribution >= 0.6 is 0 Å². The summed E-state index contributed by atoms with van der Waals surface area (Å²) in [7, 11) is 0. The van der Waals surface area contributed by atoms with Crippen molar-refractivity contribution in [3.63, 3.8) is 0 Å². The Balaban J connectivity index is 5.37. The first kappa shape index (κ1) is 35.0. The summed E-state index contributed by atoms with van der Waals surface area (Å²) in [5, 5.41) is 0. The van der Waals surface area contributed by atoms with Crippen LogP contribution in [0.15, 0.2) is 0 Å². The molecule has 0 heteroatoms. The van der Waals surface area contributed by atoms with Crippen molar-refractivity contribution in [1.29, 1.82) is 0 Å². The molecule has 0 aliphatic heterocycles. The van der Waals surface area contributed by atoms with Crippen LogP contribution in [0.1, 0.15) is 132 Å². The van der Waals surface area contributed by atoms with Crippen LogP contribution in [0.4, 0.5) is 0 Å². The van der Waals surface area contributed by atoms with Gasteiger partial charge in [-0.1, -0.05) is 132 Å². The summed E-state index contributed by atoms with van der Waals surface area (Å²) in [5.74, 6) is 11.3. The lowest BCUT2D eigenvalue weighted by Gasteiger charge is -2.45. The highest BCUT2D eigenvalue weighted by atomic mass is 14.4. The minimum absolute atomic E-state index is 0.385. The van der Waals surface area contributed by atoms with Gasteiger partial charge < -0.3 is 0 Å². The summed E-state index contributed by atoms with van der Waals surface area (Å²) in [6.07, 6.45) is 0. The molecule has 35 heavy (non-hydrogen) atoms. The van der Waals surface area contributed by atoms with Gasteiger partial charge in [0.05, 0.1) is 0 Å². The van der Waals surface area contributed by atoms with Crippen molar-refractivity contribution in [2.45, 2.75) is 132 Å². The molecule has 0 aromatic heterocycles. The monoisotopic (exact) mass is 493 g/mol. The van der Waals surface area contributed by atoms with Gasteiger partial charge in [-0.2, -0.15) is 0 Å². The fourth-order valence-corrected chi connectivity index (χ4v) is 7.05. The van der Waals surface area contributed by atoms with Crippen LogP contribution in [0.5, 0.6) is 0 Å². The third kappa shape index (κ3) is 8.50. The molecule has 0 rings (SSSR count). The zero-order chi connectivity index (χ0) is 28.2. The maximum Gasteiger partial charge on any atom is -0.0303 e.